The van der Waals surface area contributed by atoms with Gasteiger partial charge in [-0.05, 0) is 91.9 Å². The molecule has 0 aliphatic heterocycles. The minimum absolute atomic E-state index is 0.163. The van der Waals surface area contributed by atoms with Crippen molar-refractivity contribution in [3.63, 3.8) is 0 Å². The first kappa shape index (κ1) is 28.8. The van der Waals surface area contributed by atoms with Gasteiger partial charge in [0.25, 0.3) is 0 Å². The third-order valence-electron chi connectivity index (χ3n) is 9.02. The maximum absolute atomic E-state index is 14.7. The summed E-state index contributed by atoms with van der Waals surface area (Å²) in [5, 5.41) is 0. The van der Waals surface area contributed by atoms with Crippen LogP contribution < -0.4 is 4.74 Å². The van der Waals surface area contributed by atoms with Gasteiger partial charge in [-0.3, -0.25) is 0 Å². The lowest BCUT2D eigenvalue weighted by molar-refractivity contribution is -0.132. The summed E-state index contributed by atoms with van der Waals surface area (Å²) in [5.41, 5.74) is 2.25. The van der Waals surface area contributed by atoms with E-state index in [1.54, 1.807) is 6.08 Å². The summed E-state index contributed by atoms with van der Waals surface area (Å²) in [6.45, 7) is 4.33. The van der Waals surface area contributed by atoms with Gasteiger partial charge < -0.3 is 4.74 Å². The van der Waals surface area contributed by atoms with Crippen LogP contribution in [0.2, 0.25) is 0 Å². The molecule has 2 saturated carbocycles. The van der Waals surface area contributed by atoms with Gasteiger partial charge in [-0.2, -0.15) is 8.78 Å². The zero-order chi connectivity index (χ0) is 27.0. The molecule has 4 rings (SSSR count). The van der Waals surface area contributed by atoms with Crippen molar-refractivity contribution in [3.05, 3.63) is 66.0 Å². The Kier molecular flexibility index (Phi) is 10.4. The van der Waals surface area contributed by atoms with Crippen molar-refractivity contribution in [1.82, 2.24) is 0 Å². The zero-order valence-electron chi connectivity index (χ0n) is 23.2. The minimum atomic E-state index is -3.47. The Labute approximate surface area is 227 Å². The number of hydrogen-bond acceptors (Lipinski definition) is 1. The van der Waals surface area contributed by atoms with E-state index in [1.165, 1.54) is 63.5 Å². The monoisotopic (exact) mass is 526 g/mol. The van der Waals surface area contributed by atoms with E-state index in [2.05, 4.69) is 13.8 Å². The third kappa shape index (κ3) is 8.13. The van der Waals surface area contributed by atoms with Crippen LogP contribution >= 0.6 is 0 Å². The van der Waals surface area contributed by atoms with Crippen molar-refractivity contribution >= 4 is 0 Å². The van der Waals surface area contributed by atoms with Crippen molar-refractivity contribution in [2.24, 2.45) is 23.7 Å². The molecule has 2 aliphatic rings. The van der Waals surface area contributed by atoms with Crippen molar-refractivity contribution in [1.29, 1.82) is 0 Å². The fourth-order valence-corrected chi connectivity index (χ4v) is 6.59. The molecule has 0 saturated heterocycles. The molecule has 2 fully saturated rings. The number of aryl methyl sites for hydroxylation is 1. The van der Waals surface area contributed by atoms with Crippen LogP contribution in [0.4, 0.5) is 13.2 Å². The average Bonchev–Trinajstić information content (AvgIpc) is 2.93. The normalized spacial score (nSPS) is 24.6. The maximum Gasteiger partial charge on any atom is 0.419 e. The first-order valence-corrected chi connectivity index (χ1v) is 15.0. The number of halogens is 3. The number of allylic oxidation sites excluding steroid dienone is 1. The molecule has 1 nitrogen and oxygen atoms in total. The SMILES string of the molecule is CCCCCC1CCC(C2CCC(C=CC(F)(F)Oc3ccc(-c4ccc(CC)cc4)c(F)c3)CC2)CC1. The highest BCUT2D eigenvalue weighted by Crippen LogP contribution is 2.43. The van der Waals surface area contributed by atoms with Gasteiger partial charge in [0.05, 0.1) is 0 Å². The second kappa shape index (κ2) is 13.7. The Balaban J connectivity index is 1.23. The summed E-state index contributed by atoms with van der Waals surface area (Å²) in [5.74, 6) is 1.94. The molecular weight excluding hydrogens is 481 g/mol. The molecule has 0 spiro atoms. The number of unbranched alkanes of at least 4 members (excludes halogenated alkanes) is 2. The van der Waals surface area contributed by atoms with E-state index < -0.39 is 11.9 Å². The highest BCUT2D eigenvalue weighted by atomic mass is 19.3. The van der Waals surface area contributed by atoms with Gasteiger partial charge in [0.15, 0.2) is 0 Å². The molecule has 0 N–H and O–H groups in total. The van der Waals surface area contributed by atoms with Crippen LogP contribution in [-0.4, -0.2) is 6.11 Å². The fourth-order valence-electron chi connectivity index (χ4n) is 6.59. The van der Waals surface area contributed by atoms with Crippen molar-refractivity contribution in [3.8, 4) is 16.9 Å². The molecule has 0 unspecified atom stereocenters. The lowest BCUT2D eigenvalue weighted by Crippen LogP contribution is -2.26. The fraction of sp³-hybridized carbons (Fsp3) is 0.588. The summed E-state index contributed by atoms with van der Waals surface area (Å²) in [6.07, 6.45) is 15.0. The third-order valence-corrected chi connectivity index (χ3v) is 9.02. The van der Waals surface area contributed by atoms with E-state index in [4.69, 9.17) is 4.74 Å². The van der Waals surface area contributed by atoms with Gasteiger partial charge >= 0.3 is 6.11 Å². The quantitative estimate of drug-likeness (QED) is 0.209. The van der Waals surface area contributed by atoms with E-state index in [1.807, 2.05) is 24.3 Å². The van der Waals surface area contributed by atoms with Crippen LogP contribution in [0.25, 0.3) is 11.1 Å². The van der Waals surface area contributed by atoms with Crippen molar-refractivity contribution in [2.75, 3.05) is 0 Å². The van der Waals surface area contributed by atoms with Gasteiger partial charge in [0.1, 0.15) is 11.6 Å². The average molecular weight is 527 g/mol. The van der Waals surface area contributed by atoms with Gasteiger partial charge in [0, 0.05) is 17.7 Å². The molecule has 208 valence electrons. The van der Waals surface area contributed by atoms with Gasteiger partial charge in [-0.15, -0.1) is 0 Å². The van der Waals surface area contributed by atoms with Gasteiger partial charge in [0.2, 0.25) is 0 Å². The zero-order valence-corrected chi connectivity index (χ0v) is 23.2. The first-order valence-electron chi connectivity index (χ1n) is 15.0. The number of alkyl halides is 2. The Morgan fingerprint density at radius 3 is 2.11 bits per heavy atom. The van der Waals surface area contributed by atoms with E-state index in [0.717, 1.165) is 67.6 Å². The smallest absolute Gasteiger partial charge is 0.419 e. The molecule has 0 atom stereocenters. The standard InChI is InChI=1S/C34H45F3O/c1-3-5-6-7-26-10-14-28(15-11-26)29-16-12-27(13-17-29)22-23-34(36,37)38-31-20-21-32(33(35)24-31)30-18-8-25(4-2)9-19-30/h8-9,18-24,26-29H,3-7,10-17H2,1-2H3. The largest absolute Gasteiger partial charge is 0.429 e. The Morgan fingerprint density at radius 2 is 1.50 bits per heavy atom. The van der Waals surface area contributed by atoms with Crippen LogP contribution in [0.3, 0.4) is 0 Å². The highest BCUT2D eigenvalue weighted by Gasteiger charge is 2.32. The molecule has 2 aromatic rings. The molecule has 2 aliphatic carbocycles. The summed E-state index contributed by atoms with van der Waals surface area (Å²) >= 11 is 0. The second-order valence-electron chi connectivity index (χ2n) is 11.7. The minimum Gasteiger partial charge on any atom is -0.429 e. The number of rotatable bonds is 11. The van der Waals surface area contributed by atoms with E-state index in [9.17, 15) is 13.2 Å². The van der Waals surface area contributed by atoms with E-state index in [0.29, 0.717) is 11.1 Å². The summed E-state index contributed by atoms with van der Waals surface area (Å²) < 4.78 is 48.8. The molecule has 0 radical (unpaired) electrons. The first-order chi connectivity index (χ1) is 18.4. The van der Waals surface area contributed by atoms with Gasteiger partial charge in [-0.1, -0.05) is 82.7 Å². The lowest BCUT2D eigenvalue weighted by Gasteiger charge is -2.37. The number of ether oxygens (including phenoxy) is 1. The summed E-state index contributed by atoms with van der Waals surface area (Å²) in [4.78, 5) is 0. The molecular formula is C34H45F3O. The van der Waals surface area contributed by atoms with Crippen LogP contribution in [0.5, 0.6) is 5.75 Å². The lowest BCUT2D eigenvalue weighted by atomic mass is 9.68. The predicted molar refractivity (Wildman–Crippen MR) is 151 cm³/mol. The second-order valence-corrected chi connectivity index (χ2v) is 11.7. The summed E-state index contributed by atoms with van der Waals surface area (Å²) in [6, 6.07) is 11.6. The number of benzene rings is 2. The van der Waals surface area contributed by atoms with E-state index in [-0.39, 0.29) is 11.7 Å². The van der Waals surface area contributed by atoms with E-state index >= 15 is 0 Å². The topological polar surface area (TPSA) is 9.23 Å². The molecule has 4 heteroatoms. The van der Waals surface area contributed by atoms with Gasteiger partial charge in [-0.25, -0.2) is 4.39 Å². The highest BCUT2D eigenvalue weighted by molar-refractivity contribution is 5.65. The molecule has 38 heavy (non-hydrogen) atoms. The van der Waals surface area contributed by atoms with Crippen LogP contribution in [0.1, 0.15) is 96.5 Å². The van der Waals surface area contributed by atoms with Crippen molar-refractivity contribution in [2.45, 2.75) is 103 Å². The molecule has 0 heterocycles. The molecule has 0 bridgehead atoms. The molecule has 0 aromatic heterocycles. The predicted octanol–water partition coefficient (Wildman–Crippen LogP) is 10.8. The number of hydrogen-bond donors (Lipinski definition) is 0. The molecule has 2 aromatic carbocycles. The summed E-state index contributed by atoms with van der Waals surface area (Å²) in [7, 11) is 0. The van der Waals surface area contributed by atoms with Crippen LogP contribution in [0.15, 0.2) is 54.6 Å². The Hall–Kier alpha value is -2.23. The maximum atomic E-state index is 14.7. The molecule has 0 amide bonds. The Morgan fingerprint density at radius 1 is 0.842 bits per heavy atom. The van der Waals surface area contributed by atoms with Crippen LogP contribution in [0, 0.1) is 29.5 Å². The Bertz CT molecular complexity index is 1010. The van der Waals surface area contributed by atoms with Crippen LogP contribution in [-0.2, 0) is 6.42 Å². The van der Waals surface area contributed by atoms with Crippen molar-refractivity contribution < 1.29 is 17.9 Å².